The molecule has 0 aliphatic carbocycles. The Morgan fingerprint density at radius 3 is 2.31 bits per heavy atom. The Morgan fingerprint density at radius 1 is 1.03 bits per heavy atom. The normalized spacial score (nSPS) is 27.8. The van der Waals surface area contributed by atoms with Crippen LogP contribution in [-0.4, -0.2) is 39.6 Å². The van der Waals surface area contributed by atoms with E-state index in [1.165, 1.54) is 0 Å². The predicted octanol–water partition coefficient (Wildman–Crippen LogP) is 4.86. The number of carboxylic acids is 1. The summed E-state index contributed by atoms with van der Waals surface area (Å²) in [5.41, 5.74) is 1.05. The van der Waals surface area contributed by atoms with Crippen molar-refractivity contribution >= 4 is 5.97 Å². The van der Waals surface area contributed by atoms with E-state index in [0.29, 0.717) is 24.0 Å². The minimum absolute atomic E-state index is 0.0443. The molecule has 0 spiro atoms. The summed E-state index contributed by atoms with van der Waals surface area (Å²) >= 11 is 0. The SMILES string of the molecule is CC(c1ccc(O)cc1)C(O)CC[C@@H]1[C@H](CCCCCCC(=O)O)[C@@H]2CC[C@H]1O2. The second kappa shape index (κ2) is 10.4. The molecule has 3 rings (SSSR count). The summed E-state index contributed by atoms with van der Waals surface area (Å²) in [6.45, 7) is 2.04. The summed E-state index contributed by atoms with van der Waals surface area (Å²) in [4.78, 5) is 10.6. The molecule has 6 atom stereocenters. The number of unbranched alkanes of at least 4 members (excludes halogenated alkanes) is 3. The van der Waals surface area contributed by atoms with Crippen molar-refractivity contribution in [3.8, 4) is 5.75 Å². The van der Waals surface area contributed by atoms with Crippen LogP contribution in [0.3, 0.4) is 0 Å². The first-order valence-electron chi connectivity index (χ1n) is 11.3. The number of hydrogen-bond donors (Lipinski definition) is 3. The van der Waals surface area contributed by atoms with Gasteiger partial charge in [0.15, 0.2) is 0 Å². The zero-order chi connectivity index (χ0) is 20.8. The third-order valence-corrected chi connectivity index (χ3v) is 7.06. The van der Waals surface area contributed by atoms with Gasteiger partial charge in [-0.15, -0.1) is 0 Å². The van der Waals surface area contributed by atoms with Crippen LogP contribution >= 0.6 is 0 Å². The Hall–Kier alpha value is -1.59. The maximum Gasteiger partial charge on any atom is 0.303 e. The molecular formula is C24H36O5. The Labute approximate surface area is 174 Å². The highest BCUT2D eigenvalue weighted by Crippen LogP contribution is 2.48. The third kappa shape index (κ3) is 5.95. The van der Waals surface area contributed by atoms with Crippen molar-refractivity contribution < 1.29 is 24.9 Å². The number of aliphatic hydroxyl groups excluding tert-OH is 1. The van der Waals surface area contributed by atoms with E-state index in [2.05, 4.69) is 0 Å². The summed E-state index contributed by atoms with van der Waals surface area (Å²) in [5.74, 6) is 0.716. The Bertz CT molecular complexity index is 643. The van der Waals surface area contributed by atoms with E-state index in [0.717, 1.165) is 63.4 Å². The molecule has 3 N–H and O–H groups in total. The number of hydrogen-bond acceptors (Lipinski definition) is 4. The lowest BCUT2D eigenvalue weighted by atomic mass is 9.74. The summed E-state index contributed by atoms with van der Waals surface area (Å²) in [6, 6.07) is 7.12. The van der Waals surface area contributed by atoms with Gasteiger partial charge in [-0.1, -0.05) is 38.3 Å². The van der Waals surface area contributed by atoms with Gasteiger partial charge in [0.1, 0.15) is 5.75 Å². The van der Waals surface area contributed by atoms with E-state index in [-0.39, 0.29) is 18.1 Å². The van der Waals surface area contributed by atoms with E-state index < -0.39 is 12.1 Å². The van der Waals surface area contributed by atoms with Gasteiger partial charge < -0.3 is 20.1 Å². The summed E-state index contributed by atoms with van der Waals surface area (Å²) in [7, 11) is 0. The Balaban J connectivity index is 1.44. The van der Waals surface area contributed by atoms with Crippen LogP contribution in [0.4, 0.5) is 0 Å². The second-order valence-electron chi connectivity index (χ2n) is 8.99. The molecule has 2 unspecified atom stereocenters. The zero-order valence-electron chi connectivity index (χ0n) is 17.5. The molecule has 2 bridgehead atoms. The number of phenols is 1. The van der Waals surface area contributed by atoms with Crippen molar-refractivity contribution in [3.63, 3.8) is 0 Å². The van der Waals surface area contributed by atoms with Crippen LogP contribution in [-0.2, 0) is 9.53 Å². The van der Waals surface area contributed by atoms with Gasteiger partial charge in [-0.3, -0.25) is 4.79 Å². The van der Waals surface area contributed by atoms with Gasteiger partial charge >= 0.3 is 5.97 Å². The fourth-order valence-corrected chi connectivity index (χ4v) is 5.29. The number of ether oxygens (including phenoxy) is 1. The lowest BCUT2D eigenvalue weighted by Gasteiger charge is -2.29. The zero-order valence-corrected chi connectivity index (χ0v) is 17.5. The molecule has 2 aliphatic rings. The summed E-state index contributed by atoms with van der Waals surface area (Å²) < 4.78 is 6.21. The van der Waals surface area contributed by atoms with E-state index >= 15 is 0 Å². The van der Waals surface area contributed by atoms with Crippen LogP contribution in [0.1, 0.15) is 82.6 Å². The van der Waals surface area contributed by atoms with E-state index in [1.54, 1.807) is 12.1 Å². The molecular weight excluding hydrogens is 368 g/mol. The fraction of sp³-hybridized carbons (Fsp3) is 0.708. The van der Waals surface area contributed by atoms with Crippen LogP contribution in [0.5, 0.6) is 5.75 Å². The highest BCUT2D eigenvalue weighted by molar-refractivity contribution is 5.66. The molecule has 0 aromatic heterocycles. The standard InChI is InChI=1S/C24H36O5/c1-16(17-8-10-18(25)11-9-17)21(26)13-12-20-19(22-14-15-23(20)29-22)6-4-2-3-5-7-24(27)28/h8-11,16,19-23,25-26H,2-7,12-15H2,1H3,(H,27,28)/t16?,19-,20+,21?,22-,23+/m0/s1. The lowest BCUT2D eigenvalue weighted by Crippen LogP contribution is -2.29. The van der Waals surface area contributed by atoms with Crippen molar-refractivity contribution in [3.05, 3.63) is 29.8 Å². The van der Waals surface area contributed by atoms with Crippen molar-refractivity contribution in [1.82, 2.24) is 0 Å². The number of aromatic hydroxyl groups is 1. The monoisotopic (exact) mass is 404 g/mol. The van der Waals surface area contributed by atoms with Crippen molar-refractivity contribution in [2.75, 3.05) is 0 Å². The van der Waals surface area contributed by atoms with Gasteiger partial charge in [-0.2, -0.15) is 0 Å². The number of aliphatic carboxylic acids is 1. The number of phenolic OH excluding ortho intramolecular Hbond substituents is 1. The van der Waals surface area contributed by atoms with E-state index in [4.69, 9.17) is 9.84 Å². The van der Waals surface area contributed by atoms with Crippen LogP contribution in [0.15, 0.2) is 24.3 Å². The maximum atomic E-state index is 10.7. The number of rotatable bonds is 12. The quantitative estimate of drug-likeness (QED) is 0.433. The van der Waals surface area contributed by atoms with Crippen molar-refractivity contribution in [2.45, 2.75) is 95.4 Å². The topological polar surface area (TPSA) is 87.0 Å². The molecule has 2 aliphatic heterocycles. The molecule has 0 radical (unpaired) electrons. The van der Waals surface area contributed by atoms with Crippen LogP contribution in [0, 0.1) is 11.8 Å². The van der Waals surface area contributed by atoms with Crippen LogP contribution in [0.2, 0.25) is 0 Å². The van der Waals surface area contributed by atoms with Gasteiger partial charge in [0.05, 0.1) is 18.3 Å². The lowest BCUT2D eigenvalue weighted by molar-refractivity contribution is -0.137. The molecule has 2 saturated heterocycles. The highest BCUT2D eigenvalue weighted by atomic mass is 16.5. The number of aliphatic hydroxyl groups is 1. The fourth-order valence-electron chi connectivity index (χ4n) is 5.29. The minimum Gasteiger partial charge on any atom is -0.508 e. The third-order valence-electron chi connectivity index (χ3n) is 7.06. The molecule has 5 heteroatoms. The average Bonchev–Trinajstić information content (AvgIpc) is 3.30. The average molecular weight is 405 g/mol. The number of benzene rings is 1. The van der Waals surface area contributed by atoms with Gasteiger partial charge in [0.2, 0.25) is 0 Å². The van der Waals surface area contributed by atoms with Crippen molar-refractivity contribution in [2.24, 2.45) is 11.8 Å². The van der Waals surface area contributed by atoms with Gasteiger partial charge in [-0.25, -0.2) is 0 Å². The van der Waals surface area contributed by atoms with E-state index in [9.17, 15) is 15.0 Å². The van der Waals surface area contributed by atoms with Gasteiger partial charge in [-0.05, 0) is 68.1 Å². The Kier molecular flexibility index (Phi) is 7.96. The first-order valence-corrected chi connectivity index (χ1v) is 11.3. The molecule has 1 aromatic rings. The molecule has 2 fully saturated rings. The van der Waals surface area contributed by atoms with Crippen molar-refractivity contribution in [1.29, 1.82) is 0 Å². The molecule has 0 saturated carbocycles. The maximum absolute atomic E-state index is 10.7. The minimum atomic E-state index is -0.702. The van der Waals surface area contributed by atoms with Gasteiger partial charge in [0.25, 0.3) is 0 Å². The molecule has 5 nitrogen and oxygen atoms in total. The molecule has 2 heterocycles. The summed E-state index contributed by atoms with van der Waals surface area (Å²) in [6.07, 6.45) is 9.84. The van der Waals surface area contributed by atoms with Gasteiger partial charge in [0, 0.05) is 12.3 Å². The Morgan fingerprint density at radius 2 is 1.66 bits per heavy atom. The molecule has 1 aromatic carbocycles. The largest absolute Gasteiger partial charge is 0.508 e. The molecule has 0 amide bonds. The van der Waals surface area contributed by atoms with Crippen LogP contribution < -0.4 is 0 Å². The number of carboxylic acid groups (broad SMARTS) is 1. The second-order valence-corrected chi connectivity index (χ2v) is 8.99. The molecule has 29 heavy (non-hydrogen) atoms. The summed E-state index contributed by atoms with van der Waals surface area (Å²) in [5, 5.41) is 28.9. The first-order chi connectivity index (χ1) is 14.0. The highest BCUT2D eigenvalue weighted by Gasteiger charge is 2.47. The number of carbonyl (C=O) groups is 1. The first kappa shape index (κ1) is 22.1. The van der Waals surface area contributed by atoms with E-state index in [1.807, 2.05) is 19.1 Å². The molecule has 162 valence electrons. The predicted molar refractivity (Wildman–Crippen MR) is 112 cm³/mol. The smallest absolute Gasteiger partial charge is 0.303 e. The number of fused-ring (bicyclic) bond motifs is 2. The van der Waals surface area contributed by atoms with Crippen LogP contribution in [0.25, 0.3) is 0 Å².